The van der Waals surface area contributed by atoms with Gasteiger partial charge in [-0.05, 0) is 29.2 Å². The molecule has 2 aromatic heterocycles. The van der Waals surface area contributed by atoms with Crippen LogP contribution in [0.2, 0.25) is 0 Å². The highest BCUT2D eigenvalue weighted by molar-refractivity contribution is 7.92. The minimum Gasteiger partial charge on any atom is -0.423 e. The second-order valence-electron chi connectivity index (χ2n) is 6.14. The minimum absolute atomic E-state index is 0.0305. The summed E-state index contributed by atoms with van der Waals surface area (Å²) in [4.78, 5) is 11.8. The SMILES string of the molecule is Nc1cnc(S(=O)(=O)Nc2cc3c(cc2F)COB3O)c(Nc2cnccn2)c1. The minimum atomic E-state index is -4.33. The molecule has 0 saturated carbocycles. The fraction of sp³-hybridized carbons (Fsp3) is 0.0625. The zero-order valence-corrected chi connectivity index (χ0v) is 15.5. The molecule has 3 aromatic rings. The Morgan fingerprint density at radius 2 is 2.00 bits per heavy atom. The number of nitrogen functional groups attached to an aromatic ring is 1. The van der Waals surface area contributed by atoms with E-state index in [4.69, 9.17) is 10.4 Å². The standard InChI is InChI=1S/C16H14BFN6O4S/c18-12-3-9-8-28-17(25)11(9)5-13(12)24-29(26,27)16-14(4-10(19)6-22-16)23-15-7-20-1-2-21-15/h1-7,24-25H,8,19H2,(H,21,23). The van der Waals surface area contributed by atoms with Crippen LogP contribution < -0.4 is 21.2 Å². The Morgan fingerprint density at radius 3 is 2.76 bits per heavy atom. The van der Waals surface area contributed by atoms with Gasteiger partial charge in [-0.15, -0.1) is 0 Å². The Bertz CT molecular complexity index is 1180. The van der Waals surface area contributed by atoms with Crippen LogP contribution in [0.5, 0.6) is 0 Å². The summed E-state index contributed by atoms with van der Waals surface area (Å²) in [6.45, 7) is 0.0339. The van der Waals surface area contributed by atoms with Gasteiger partial charge in [0.2, 0.25) is 0 Å². The molecule has 0 aliphatic carbocycles. The van der Waals surface area contributed by atoms with Crippen molar-refractivity contribution in [2.24, 2.45) is 0 Å². The molecule has 0 atom stereocenters. The summed E-state index contributed by atoms with van der Waals surface area (Å²) in [5, 5.41) is 12.1. The van der Waals surface area contributed by atoms with Gasteiger partial charge in [-0.2, -0.15) is 8.42 Å². The van der Waals surface area contributed by atoms with Gasteiger partial charge in [0.1, 0.15) is 11.6 Å². The Hall–Kier alpha value is -3.29. The number of nitrogens with two attached hydrogens (primary N) is 1. The normalized spacial score (nSPS) is 13.2. The Labute approximate surface area is 165 Å². The molecule has 1 aliphatic heterocycles. The van der Waals surface area contributed by atoms with Crippen molar-refractivity contribution in [1.82, 2.24) is 15.0 Å². The lowest BCUT2D eigenvalue weighted by Crippen LogP contribution is -2.29. The van der Waals surface area contributed by atoms with Crippen LogP contribution in [0.15, 0.2) is 48.0 Å². The molecule has 0 spiro atoms. The van der Waals surface area contributed by atoms with Gasteiger partial charge in [-0.25, -0.2) is 14.4 Å². The molecule has 0 bridgehead atoms. The quantitative estimate of drug-likeness (QED) is 0.432. The predicted molar refractivity (Wildman–Crippen MR) is 104 cm³/mol. The highest BCUT2D eigenvalue weighted by Gasteiger charge is 2.30. The van der Waals surface area contributed by atoms with Crippen molar-refractivity contribution < 1.29 is 22.5 Å². The van der Waals surface area contributed by atoms with Gasteiger partial charge in [0.05, 0.1) is 36.1 Å². The van der Waals surface area contributed by atoms with Crippen LogP contribution in [0.3, 0.4) is 0 Å². The molecule has 10 nitrogen and oxygen atoms in total. The molecular formula is C16H14BFN6O4S. The number of sulfonamides is 1. The highest BCUT2D eigenvalue weighted by atomic mass is 32.2. The van der Waals surface area contributed by atoms with Gasteiger partial charge >= 0.3 is 7.12 Å². The average molecular weight is 416 g/mol. The first-order valence-electron chi connectivity index (χ1n) is 8.27. The van der Waals surface area contributed by atoms with Crippen molar-refractivity contribution in [3.05, 3.63) is 54.4 Å². The lowest BCUT2D eigenvalue weighted by Gasteiger charge is -2.14. The van der Waals surface area contributed by atoms with Gasteiger partial charge in [0, 0.05) is 12.4 Å². The van der Waals surface area contributed by atoms with Gasteiger partial charge in [-0.1, -0.05) is 0 Å². The molecule has 1 aromatic carbocycles. The summed E-state index contributed by atoms with van der Waals surface area (Å²) in [6.07, 6.45) is 5.42. The Balaban J connectivity index is 1.71. The lowest BCUT2D eigenvalue weighted by molar-refractivity contribution is 0.275. The largest absolute Gasteiger partial charge is 0.491 e. The number of hydrogen-bond donors (Lipinski definition) is 4. The van der Waals surface area contributed by atoms with E-state index in [1.807, 2.05) is 0 Å². The number of aromatic nitrogens is 3. The molecule has 0 amide bonds. The molecule has 0 fully saturated rings. The molecular weight excluding hydrogens is 402 g/mol. The molecule has 148 valence electrons. The van der Waals surface area contributed by atoms with Gasteiger partial charge in [0.25, 0.3) is 10.0 Å². The van der Waals surface area contributed by atoms with E-state index in [-0.39, 0.29) is 34.9 Å². The molecule has 4 rings (SSSR count). The van der Waals surface area contributed by atoms with Crippen LogP contribution >= 0.6 is 0 Å². The fourth-order valence-corrected chi connectivity index (χ4v) is 3.92. The first-order chi connectivity index (χ1) is 13.8. The molecule has 0 unspecified atom stereocenters. The van der Waals surface area contributed by atoms with Crippen molar-refractivity contribution in [3.8, 4) is 0 Å². The Morgan fingerprint density at radius 1 is 1.17 bits per heavy atom. The maximum atomic E-state index is 14.4. The first kappa shape index (κ1) is 19.0. The molecule has 1 aliphatic rings. The highest BCUT2D eigenvalue weighted by Crippen LogP contribution is 2.27. The van der Waals surface area contributed by atoms with Crippen molar-refractivity contribution >= 4 is 45.5 Å². The number of rotatable bonds is 5. The van der Waals surface area contributed by atoms with Crippen LogP contribution in [0.1, 0.15) is 5.56 Å². The van der Waals surface area contributed by atoms with Gasteiger partial charge in [0.15, 0.2) is 5.03 Å². The van der Waals surface area contributed by atoms with Crippen LogP contribution in [0, 0.1) is 5.82 Å². The van der Waals surface area contributed by atoms with E-state index in [1.165, 1.54) is 30.7 Å². The van der Waals surface area contributed by atoms with E-state index in [0.29, 0.717) is 5.56 Å². The van der Waals surface area contributed by atoms with Crippen molar-refractivity contribution in [2.75, 3.05) is 15.8 Å². The fourth-order valence-electron chi connectivity index (χ4n) is 2.79. The molecule has 0 radical (unpaired) electrons. The van der Waals surface area contributed by atoms with Gasteiger partial charge < -0.3 is 20.7 Å². The molecule has 3 heterocycles. The van der Waals surface area contributed by atoms with E-state index in [1.54, 1.807) is 0 Å². The number of hydrogen-bond acceptors (Lipinski definition) is 9. The number of fused-ring (bicyclic) bond motifs is 1. The van der Waals surface area contributed by atoms with E-state index in [9.17, 15) is 17.8 Å². The van der Waals surface area contributed by atoms with Crippen LogP contribution in [-0.2, 0) is 21.3 Å². The number of halogens is 1. The number of benzene rings is 1. The van der Waals surface area contributed by atoms with Crippen molar-refractivity contribution in [3.63, 3.8) is 0 Å². The van der Waals surface area contributed by atoms with Crippen molar-refractivity contribution in [2.45, 2.75) is 11.6 Å². The molecule has 13 heteroatoms. The first-order valence-corrected chi connectivity index (χ1v) is 9.75. The monoisotopic (exact) mass is 416 g/mol. The molecule has 29 heavy (non-hydrogen) atoms. The smallest absolute Gasteiger partial charge is 0.423 e. The maximum absolute atomic E-state index is 14.4. The number of nitrogens with one attached hydrogen (secondary N) is 2. The lowest BCUT2D eigenvalue weighted by atomic mass is 9.79. The summed E-state index contributed by atoms with van der Waals surface area (Å²) >= 11 is 0. The molecule has 0 saturated heterocycles. The predicted octanol–water partition coefficient (Wildman–Crippen LogP) is 0.355. The number of pyridine rings is 1. The third kappa shape index (κ3) is 3.83. The third-order valence-corrected chi connectivity index (χ3v) is 5.41. The zero-order valence-electron chi connectivity index (χ0n) is 14.7. The summed E-state index contributed by atoms with van der Waals surface area (Å²) in [7, 11) is -5.58. The second-order valence-corrected chi connectivity index (χ2v) is 7.73. The third-order valence-electron chi connectivity index (χ3n) is 4.09. The van der Waals surface area contributed by atoms with Crippen LogP contribution in [0.4, 0.5) is 27.3 Å². The second kappa shape index (κ2) is 7.27. The Kier molecular flexibility index (Phi) is 4.78. The van der Waals surface area contributed by atoms with E-state index < -0.39 is 28.0 Å². The summed E-state index contributed by atoms with van der Waals surface area (Å²) in [6, 6.07) is 3.65. The number of nitrogens with zero attached hydrogens (tertiary/aromatic N) is 3. The van der Waals surface area contributed by atoms with E-state index in [2.05, 4.69) is 25.0 Å². The molecule has 5 N–H and O–H groups in total. The van der Waals surface area contributed by atoms with E-state index >= 15 is 0 Å². The summed E-state index contributed by atoms with van der Waals surface area (Å²) in [5.41, 5.74) is 6.33. The maximum Gasteiger partial charge on any atom is 0.491 e. The summed E-state index contributed by atoms with van der Waals surface area (Å²) in [5.74, 6) is -0.552. The average Bonchev–Trinajstić information content (AvgIpc) is 3.02. The van der Waals surface area contributed by atoms with Crippen LogP contribution in [0.25, 0.3) is 0 Å². The van der Waals surface area contributed by atoms with Crippen LogP contribution in [-0.4, -0.2) is 35.5 Å². The topological polar surface area (TPSA) is 152 Å². The summed E-state index contributed by atoms with van der Waals surface area (Å²) < 4.78 is 47.4. The van der Waals surface area contributed by atoms with Gasteiger partial charge in [-0.3, -0.25) is 9.71 Å². The zero-order chi connectivity index (χ0) is 20.6. The van der Waals surface area contributed by atoms with E-state index in [0.717, 1.165) is 12.3 Å². The number of anilines is 4. The van der Waals surface area contributed by atoms with Crippen molar-refractivity contribution in [1.29, 1.82) is 0 Å².